The van der Waals surface area contributed by atoms with Crippen LogP contribution in [0, 0.1) is 0 Å². The number of ether oxygens (including phenoxy) is 1. The van der Waals surface area contributed by atoms with Crippen molar-refractivity contribution in [2.24, 2.45) is 7.05 Å². The largest absolute Gasteiger partial charge is 0.467 e. The van der Waals surface area contributed by atoms with Gasteiger partial charge < -0.3 is 15.0 Å². The molecule has 1 saturated heterocycles. The number of aryl methyl sites for hydroxylation is 1. The first-order valence-corrected chi connectivity index (χ1v) is 9.30. The number of hydrogen-bond donors (Lipinski definition) is 1. The fourth-order valence-electron chi connectivity index (χ4n) is 2.49. The molecule has 0 aliphatic carbocycles. The van der Waals surface area contributed by atoms with Crippen LogP contribution < -0.4 is 15.0 Å². The summed E-state index contributed by atoms with van der Waals surface area (Å²) in [6.07, 6.45) is 3.46. The zero-order chi connectivity index (χ0) is 18.4. The van der Waals surface area contributed by atoms with Crippen molar-refractivity contribution in [1.82, 2.24) is 40.5 Å². The average molecular weight is 379 g/mol. The van der Waals surface area contributed by atoms with E-state index in [9.17, 15) is 4.79 Å². The maximum atomic E-state index is 12.0. The summed E-state index contributed by atoms with van der Waals surface area (Å²) in [4.78, 5) is 27.2. The van der Waals surface area contributed by atoms with Gasteiger partial charge in [-0.15, -0.1) is 5.10 Å². The van der Waals surface area contributed by atoms with E-state index in [0.717, 1.165) is 25.9 Å². The number of rotatable bonds is 7. The van der Waals surface area contributed by atoms with Crippen LogP contribution in [-0.2, 0) is 18.4 Å². The van der Waals surface area contributed by atoms with E-state index in [0.29, 0.717) is 16.9 Å². The van der Waals surface area contributed by atoms with Crippen LogP contribution in [0.25, 0.3) is 0 Å². The van der Waals surface area contributed by atoms with Gasteiger partial charge in [-0.1, -0.05) is 11.8 Å². The van der Waals surface area contributed by atoms with Gasteiger partial charge in [-0.3, -0.25) is 4.79 Å². The predicted molar refractivity (Wildman–Crippen MR) is 93.8 cm³/mol. The third-order valence-electron chi connectivity index (χ3n) is 3.83. The summed E-state index contributed by atoms with van der Waals surface area (Å²) < 4.78 is 6.69. The second-order valence-electron chi connectivity index (χ2n) is 5.74. The molecule has 140 valence electrons. The van der Waals surface area contributed by atoms with E-state index in [1.807, 2.05) is 0 Å². The molecule has 1 N–H and O–H groups in total. The topological polar surface area (TPSA) is 124 Å². The molecule has 1 fully saturated rings. The molecule has 0 radical (unpaired) electrons. The first-order chi connectivity index (χ1) is 12.7. The average Bonchev–Trinajstić information content (AvgIpc) is 3.10. The molecule has 2 aromatic heterocycles. The van der Waals surface area contributed by atoms with E-state index < -0.39 is 0 Å². The molecular weight excluding hydrogens is 358 g/mol. The van der Waals surface area contributed by atoms with Gasteiger partial charge in [0.1, 0.15) is 0 Å². The van der Waals surface area contributed by atoms with Crippen molar-refractivity contribution in [3.05, 3.63) is 5.82 Å². The molecule has 1 aliphatic rings. The normalized spacial score (nSPS) is 14.3. The third-order valence-corrected chi connectivity index (χ3v) is 4.84. The van der Waals surface area contributed by atoms with Crippen molar-refractivity contribution in [2.75, 3.05) is 30.9 Å². The van der Waals surface area contributed by atoms with Crippen molar-refractivity contribution in [1.29, 1.82) is 0 Å². The lowest BCUT2D eigenvalue weighted by Gasteiger charge is -2.26. The van der Waals surface area contributed by atoms with Crippen molar-refractivity contribution in [3.8, 4) is 6.01 Å². The summed E-state index contributed by atoms with van der Waals surface area (Å²) >= 11 is 1.26. The number of thioether (sulfide) groups is 1. The number of carbonyl (C=O) groups is 1. The van der Waals surface area contributed by atoms with Gasteiger partial charge in [0.15, 0.2) is 5.82 Å². The molecule has 0 atom stereocenters. The van der Waals surface area contributed by atoms with Gasteiger partial charge in [-0.05, 0) is 29.7 Å². The number of nitrogens with one attached hydrogen (secondary N) is 1. The summed E-state index contributed by atoms with van der Waals surface area (Å²) in [6, 6.07) is 0.254. The van der Waals surface area contributed by atoms with Crippen LogP contribution in [0.15, 0.2) is 5.16 Å². The maximum Gasteiger partial charge on any atom is 0.321 e. The van der Waals surface area contributed by atoms with E-state index in [2.05, 4.69) is 40.7 Å². The molecule has 2 aromatic rings. The van der Waals surface area contributed by atoms with Crippen molar-refractivity contribution >= 4 is 23.6 Å². The summed E-state index contributed by atoms with van der Waals surface area (Å²) in [7, 11) is 3.24. The van der Waals surface area contributed by atoms with Gasteiger partial charge in [-0.25, -0.2) is 4.68 Å². The first-order valence-electron chi connectivity index (χ1n) is 8.31. The number of nitrogens with zero attached hydrogens (tertiary/aromatic N) is 8. The second kappa shape index (κ2) is 8.74. The Morgan fingerprint density at radius 2 is 2.04 bits per heavy atom. The van der Waals surface area contributed by atoms with Crippen LogP contribution in [0.2, 0.25) is 0 Å². The Labute approximate surface area is 154 Å². The molecule has 3 rings (SSSR count). The highest BCUT2D eigenvalue weighted by Crippen LogP contribution is 2.17. The van der Waals surface area contributed by atoms with Gasteiger partial charge in [-0.2, -0.15) is 15.0 Å². The molecule has 26 heavy (non-hydrogen) atoms. The second-order valence-corrected chi connectivity index (χ2v) is 6.68. The van der Waals surface area contributed by atoms with E-state index in [4.69, 9.17) is 4.74 Å². The van der Waals surface area contributed by atoms with Crippen LogP contribution in [-0.4, -0.2) is 67.0 Å². The Hall–Kier alpha value is -2.50. The maximum absolute atomic E-state index is 12.0. The highest BCUT2D eigenvalue weighted by molar-refractivity contribution is 7.99. The standard InChI is InChI=1S/C14H21N9O2S/c1-22-14(19-20-21-22)26-9-11(24)15-8-10-16-12(18-13(17-10)25-2)23-6-4-3-5-7-23/h3-9H2,1-2H3,(H,15,24). The number of methoxy groups -OCH3 is 1. The molecule has 1 amide bonds. The van der Waals surface area contributed by atoms with Gasteiger partial charge in [0.25, 0.3) is 0 Å². The Balaban J connectivity index is 1.57. The molecule has 0 spiro atoms. The molecule has 0 unspecified atom stereocenters. The molecule has 3 heterocycles. The number of aromatic nitrogens is 7. The number of anilines is 1. The van der Waals surface area contributed by atoms with Crippen LogP contribution in [0.5, 0.6) is 6.01 Å². The Bertz CT molecular complexity index is 748. The minimum absolute atomic E-state index is 0.156. The van der Waals surface area contributed by atoms with Crippen LogP contribution >= 0.6 is 11.8 Å². The van der Waals surface area contributed by atoms with E-state index in [-0.39, 0.29) is 24.2 Å². The summed E-state index contributed by atoms with van der Waals surface area (Å²) in [5.74, 6) is 1.11. The zero-order valence-corrected chi connectivity index (χ0v) is 15.6. The summed E-state index contributed by atoms with van der Waals surface area (Å²) in [5.41, 5.74) is 0. The third kappa shape index (κ3) is 4.77. The SMILES string of the molecule is COc1nc(CNC(=O)CSc2nnnn2C)nc(N2CCCCC2)n1. The van der Waals surface area contributed by atoms with E-state index in [1.165, 1.54) is 30.0 Å². The predicted octanol–water partition coefficient (Wildman–Crippen LogP) is -0.197. The Morgan fingerprint density at radius 1 is 1.23 bits per heavy atom. The zero-order valence-electron chi connectivity index (χ0n) is 14.8. The van der Waals surface area contributed by atoms with Gasteiger partial charge in [0, 0.05) is 20.1 Å². The summed E-state index contributed by atoms with van der Waals surface area (Å²) in [6.45, 7) is 2.04. The first kappa shape index (κ1) is 18.3. The number of hydrogen-bond acceptors (Lipinski definition) is 10. The molecule has 0 bridgehead atoms. The fraction of sp³-hybridized carbons (Fsp3) is 0.643. The van der Waals surface area contributed by atoms with Gasteiger partial charge in [0.05, 0.1) is 19.4 Å². The minimum atomic E-state index is -0.156. The Kier molecular flexibility index (Phi) is 6.15. The van der Waals surface area contributed by atoms with Gasteiger partial charge in [0.2, 0.25) is 17.0 Å². The van der Waals surface area contributed by atoms with Crippen LogP contribution in [0.4, 0.5) is 5.95 Å². The summed E-state index contributed by atoms with van der Waals surface area (Å²) in [5, 5.41) is 14.4. The highest BCUT2D eigenvalue weighted by atomic mass is 32.2. The molecule has 0 aromatic carbocycles. The van der Waals surface area contributed by atoms with Crippen molar-refractivity contribution in [2.45, 2.75) is 31.0 Å². The van der Waals surface area contributed by atoms with E-state index in [1.54, 1.807) is 7.05 Å². The van der Waals surface area contributed by atoms with Crippen LogP contribution in [0.3, 0.4) is 0 Å². The smallest absolute Gasteiger partial charge is 0.321 e. The number of tetrazole rings is 1. The number of carbonyl (C=O) groups excluding carboxylic acids is 1. The lowest BCUT2D eigenvalue weighted by atomic mass is 10.1. The van der Waals surface area contributed by atoms with E-state index >= 15 is 0 Å². The van der Waals surface area contributed by atoms with Crippen molar-refractivity contribution in [3.63, 3.8) is 0 Å². The van der Waals surface area contributed by atoms with Crippen molar-refractivity contribution < 1.29 is 9.53 Å². The molecule has 0 saturated carbocycles. The lowest BCUT2D eigenvalue weighted by molar-refractivity contribution is -0.118. The molecule has 11 nitrogen and oxygen atoms in total. The Morgan fingerprint density at radius 3 is 2.73 bits per heavy atom. The quantitative estimate of drug-likeness (QED) is 0.647. The molecule has 1 aliphatic heterocycles. The number of amides is 1. The fourth-order valence-corrected chi connectivity index (χ4v) is 3.17. The highest BCUT2D eigenvalue weighted by Gasteiger charge is 2.17. The number of piperidine rings is 1. The van der Waals surface area contributed by atoms with Crippen LogP contribution in [0.1, 0.15) is 25.1 Å². The molecular formula is C14H21N9O2S. The molecule has 12 heteroatoms. The lowest BCUT2D eigenvalue weighted by Crippen LogP contribution is -2.32. The van der Waals surface area contributed by atoms with Gasteiger partial charge >= 0.3 is 6.01 Å². The monoisotopic (exact) mass is 379 g/mol. The minimum Gasteiger partial charge on any atom is -0.467 e.